The van der Waals surface area contributed by atoms with E-state index in [0.717, 1.165) is 6.33 Å². The van der Waals surface area contributed by atoms with Crippen molar-refractivity contribution in [1.82, 2.24) is 9.97 Å². The smallest absolute Gasteiger partial charge is 0.352 e. The van der Waals surface area contributed by atoms with Gasteiger partial charge in [-0.05, 0) is 6.92 Å². The number of rotatable bonds is 5. The largest absolute Gasteiger partial charge is 0.393 e. The molecule has 0 aromatic carbocycles. The molecule has 1 aromatic heterocycles. The summed E-state index contributed by atoms with van der Waals surface area (Å²) in [5.41, 5.74) is 3.48. The first-order valence-corrected chi connectivity index (χ1v) is 4.69. The van der Waals surface area contributed by atoms with Gasteiger partial charge in [-0.1, -0.05) is 0 Å². The number of nitro groups is 1. The minimum atomic E-state index is -1.41. The Labute approximate surface area is 96.5 Å². The average Bonchev–Trinajstić information content (AvgIpc) is 2.26. The highest BCUT2D eigenvalue weighted by Gasteiger charge is 2.24. The van der Waals surface area contributed by atoms with Crippen LogP contribution in [0.5, 0.6) is 0 Å². The number of aliphatic hydroxyl groups excluding tert-OH is 1. The molecule has 9 nitrogen and oxygen atoms in total. The lowest BCUT2D eigenvalue weighted by Crippen LogP contribution is -2.37. The van der Waals surface area contributed by atoms with Gasteiger partial charge in [0.1, 0.15) is 11.9 Å². The predicted molar refractivity (Wildman–Crippen MR) is 59.3 cm³/mol. The fourth-order valence-electron chi connectivity index (χ4n) is 1.03. The lowest BCUT2D eigenvalue weighted by molar-refractivity contribution is -0.383. The van der Waals surface area contributed by atoms with Crippen molar-refractivity contribution in [1.29, 1.82) is 0 Å². The van der Waals surface area contributed by atoms with Crippen LogP contribution < -0.4 is 11.1 Å². The van der Waals surface area contributed by atoms with E-state index in [1.54, 1.807) is 0 Å². The van der Waals surface area contributed by atoms with Gasteiger partial charge in [0.2, 0.25) is 11.6 Å². The molecule has 0 aliphatic carbocycles. The van der Waals surface area contributed by atoms with Crippen LogP contribution in [-0.2, 0) is 0 Å². The Hall–Kier alpha value is -2.00. The van der Waals surface area contributed by atoms with Crippen LogP contribution in [0.2, 0.25) is 0 Å². The minimum Gasteiger partial charge on any atom is -0.393 e. The summed E-state index contributed by atoms with van der Waals surface area (Å²) in [7, 11) is 0. The van der Waals surface area contributed by atoms with Gasteiger partial charge in [-0.2, -0.15) is 0 Å². The molecule has 1 atom stereocenters. The van der Waals surface area contributed by atoms with Crippen LogP contribution >= 0.6 is 0 Å². The molecule has 0 saturated heterocycles. The summed E-state index contributed by atoms with van der Waals surface area (Å²) in [5, 5.41) is 31.6. The van der Waals surface area contributed by atoms with E-state index in [1.807, 2.05) is 0 Å². The molecule has 0 amide bonds. The van der Waals surface area contributed by atoms with E-state index in [4.69, 9.17) is 10.8 Å². The Morgan fingerprint density at radius 3 is 2.82 bits per heavy atom. The third kappa shape index (κ3) is 3.23. The number of anilines is 2. The number of nitrogens with zero attached hydrogens (tertiary/aromatic N) is 3. The number of hydrogen-bond donors (Lipinski definition) is 4. The quantitative estimate of drug-likeness (QED) is 0.385. The molecule has 0 spiro atoms. The molecule has 0 aliphatic rings. The molecule has 9 heteroatoms. The first-order valence-electron chi connectivity index (χ1n) is 4.69. The van der Waals surface area contributed by atoms with Crippen molar-refractivity contribution in [3.8, 4) is 0 Å². The van der Waals surface area contributed by atoms with Crippen LogP contribution in [0.4, 0.5) is 17.3 Å². The maximum atomic E-state index is 10.7. The fraction of sp³-hybridized carbons (Fsp3) is 0.500. The van der Waals surface area contributed by atoms with Crippen LogP contribution in [0.25, 0.3) is 0 Å². The van der Waals surface area contributed by atoms with E-state index in [0.29, 0.717) is 0 Å². The number of hydrogen-bond acceptors (Lipinski definition) is 8. The molecule has 0 saturated carbocycles. The van der Waals surface area contributed by atoms with Crippen LogP contribution in [-0.4, -0.2) is 43.9 Å². The molecular weight excluding hydrogens is 230 g/mol. The zero-order chi connectivity index (χ0) is 13.1. The lowest BCUT2D eigenvalue weighted by atomic mass is 10.1. The van der Waals surface area contributed by atoms with Crippen molar-refractivity contribution in [2.75, 3.05) is 24.2 Å². The van der Waals surface area contributed by atoms with Gasteiger partial charge in [-0.15, -0.1) is 0 Å². The lowest BCUT2D eigenvalue weighted by Gasteiger charge is -2.20. The molecule has 94 valence electrons. The third-order valence-corrected chi connectivity index (χ3v) is 2.01. The first kappa shape index (κ1) is 13.1. The number of aliphatic hydroxyl groups is 2. The molecular formula is C8H13N5O4. The van der Waals surface area contributed by atoms with Crippen LogP contribution in [0.15, 0.2) is 6.33 Å². The van der Waals surface area contributed by atoms with Gasteiger partial charge < -0.3 is 21.3 Å². The number of nitrogens with two attached hydrogens (primary N) is 1. The van der Waals surface area contributed by atoms with Crippen molar-refractivity contribution in [2.45, 2.75) is 12.5 Å². The second-order valence-corrected chi connectivity index (χ2v) is 3.72. The van der Waals surface area contributed by atoms with E-state index in [-0.39, 0.29) is 18.2 Å². The standard InChI is InChI=1S/C8H13N5O4/c1-8(15,3-14)2-10-7-5(13(16)17)6(9)11-4-12-7/h4,14-15H,2-3H2,1H3,(H3,9,10,11,12). The summed E-state index contributed by atoms with van der Waals surface area (Å²) in [6.45, 7) is 0.769. The van der Waals surface area contributed by atoms with E-state index in [9.17, 15) is 15.2 Å². The number of nitrogen functional groups attached to an aromatic ring is 1. The van der Waals surface area contributed by atoms with E-state index in [2.05, 4.69) is 15.3 Å². The molecule has 1 aromatic rings. The molecule has 1 rings (SSSR count). The number of nitrogens with one attached hydrogen (secondary N) is 1. The maximum absolute atomic E-state index is 10.7. The highest BCUT2D eigenvalue weighted by Crippen LogP contribution is 2.26. The van der Waals surface area contributed by atoms with E-state index >= 15 is 0 Å². The van der Waals surface area contributed by atoms with Crippen molar-refractivity contribution in [2.24, 2.45) is 0 Å². The Morgan fingerprint density at radius 2 is 2.29 bits per heavy atom. The topological polar surface area (TPSA) is 147 Å². The molecule has 1 unspecified atom stereocenters. The van der Waals surface area contributed by atoms with Gasteiger partial charge in [-0.25, -0.2) is 9.97 Å². The molecule has 0 fully saturated rings. The summed E-state index contributed by atoms with van der Waals surface area (Å²) < 4.78 is 0. The second kappa shape index (κ2) is 4.89. The summed E-state index contributed by atoms with van der Waals surface area (Å²) in [4.78, 5) is 17.2. The summed E-state index contributed by atoms with van der Waals surface area (Å²) in [5.74, 6) is -0.368. The number of aromatic nitrogens is 2. The average molecular weight is 243 g/mol. The van der Waals surface area contributed by atoms with E-state index < -0.39 is 22.8 Å². The molecule has 0 bridgehead atoms. The highest BCUT2D eigenvalue weighted by atomic mass is 16.6. The normalized spacial score (nSPS) is 14.1. The van der Waals surface area contributed by atoms with Gasteiger partial charge in [0.25, 0.3) is 0 Å². The van der Waals surface area contributed by atoms with Crippen molar-refractivity contribution in [3.05, 3.63) is 16.4 Å². The van der Waals surface area contributed by atoms with Gasteiger partial charge in [0, 0.05) is 6.54 Å². The third-order valence-electron chi connectivity index (χ3n) is 2.01. The maximum Gasteiger partial charge on any atom is 0.352 e. The predicted octanol–water partition coefficient (Wildman–Crippen LogP) is -0.878. The molecule has 1 heterocycles. The SMILES string of the molecule is CC(O)(CO)CNc1ncnc(N)c1[N+](=O)[O-]. The molecule has 5 N–H and O–H groups in total. The van der Waals surface area contributed by atoms with Crippen LogP contribution in [0.3, 0.4) is 0 Å². The van der Waals surface area contributed by atoms with Crippen molar-refractivity contribution >= 4 is 17.3 Å². The molecule has 0 aliphatic heterocycles. The van der Waals surface area contributed by atoms with Crippen LogP contribution in [0, 0.1) is 10.1 Å². The summed E-state index contributed by atoms with van der Waals surface area (Å²) >= 11 is 0. The monoisotopic (exact) mass is 243 g/mol. The molecule has 17 heavy (non-hydrogen) atoms. The zero-order valence-electron chi connectivity index (χ0n) is 9.12. The molecule has 0 radical (unpaired) electrons. The minimum absolute atomic E-state index is 0.101. The van der Waals surface area contributed by atoms with Gasteiger partial charge in [0.05, 0.1) is 11.5 Å². The Morgan fingerprint density at radius 1 is 1.65 bits per heavy atom. The van der Waals surface area contributed by atoms with Gasteiger partial charge in [0.15, 0.2) is 0 Å². The zero-order valence-corrected chi connectivity index (χ0v) is 9.12. The van der Waals surface area contributed by atoms with Gasteiger partial charge >= 0.3 is 5.69 Å². The van der Waals surface area contributed by atoms with Crippen molar-refractivity contribution < 1.29 is 15.1 Å². The van der Waals surface area contributed by atoms with Gasteiger partial charge in [-0.3, -0.25) is 10.1 Å². The summed E-state index contributed by atoms with van der Waals surface area (Å²) in [6.07, 6.45) is 1.07. The van der Waals surface area contributed by atoms with Crippen LogP contribution in [0.1, 0.15) is 6.92 Å². The Bertz CT molecular complexity index is 422. The Kier molecular flexibility index (Phi) is 3.76. The fourth-order valence-corrected chi connectivity index (χ4v) is 1.03. The Balaban J connectivity index is 2.92. The highest BCUT2D eigenvalue weighted by molar-refractivity contribution is 5.67. The second-order valence-electron chi connectivity index (χ2n) is 3.72. The summed E-state index contributed by atoms with van der Waals surface area (Å²) in [6, 6.07) is 0. The first-order chi connectivity index (χ1) is 7.87. The van der Waals surface area contributed by atoms with E-state index in [1.165, 1.54) is 6.92 Å². The van der Waals surface area contributed by atoms with Crippen molar-refractivity contribution in [3.63, 3.8) is 0 Å².